The highest BCUT2D eigenvalue weighted by Gasteiger charge is 2.32. The molecule has 0 saturated carbocycles. The normalized spacial score (nSPS) is 12.2. The van der Waals surface area contributed by atoms with Crippen molar-refractivity contribution in [2.75, 3.05) is 5.32 Å². The number of carbonyl (C=O) groups is 1. The number of amides is 2. The Balaban J connectivity index is 2.48. The molecule has 1 unspecified atom stereocenters. The molecule has 5 heteroatoms. The molecule has 0 radical (unpaired) electrons. The van der Waals surface area contributed by atoms with Gasteiger partial charge in [0.05, 0.1) is 0 Å². The molecule has 0 aliphatic rings. The van der Waals surface area contributed by atoms with Crippen LogP contribution in [0.5, 0.6) is 0 Å². The van der Waals surface area contributed by atoms with E-state index in [0.717, 1.165) is 10.2 Å². The molecule has 4 nitrogen and oxygen atoms in total. The summed E-state index contributed by atoms with van der Waals surface area (Å²) in [6.07, 6.45) is 0. The molecule has 2 aromatic rings. The largest absolute Gasteiger partial charge is 0.427 e. The van der Waals surface area contributed by atoms with Gasteiger partial charge in [-0.3, -0.25) is 0 Å². The lowest BCUT2D eigenvalue weighted by molar-refractivity contribution is 0.259. The van der Waals surface area contributed by atoms with E-state index in [4.69, 9.17) is 5.73 Å². The Morgan fingerprint density at radius 1 is 1.50 bits per heavy atom. The van der Waals surface area contributed by atoms with Gasteiger partial charge in [0.25, 0.3) is 10.2 Å². The van der Waals surface area contributed by atoms with Crippen LogP contribution < -0.4 is 11.1 Å². The fraction of sp³-hybridized carbons (Fsp3) is 0. The Labute approximate surface area is 68.8 Å². The number of hydrogen-bond donors (Lipinski definition) is 2. The zero-order chi connectivity index (χ0) is 8.72. The fourth-order valence-electron chi connectivity index (χ4n) is 1.10. The molecule has 60 valence electrons. The van der Waals surface area contributed by atoms with Crippen molar-refractivity contribution >= 4 is 29.4 Å². The van der Waals surface area contributed by atoms with Crippen molar-refractivity contribution < 1.29 is 9.36 Å². The predicted octanol–water partition coefficient (Wildman–Crippen LogP) is 1.95. The molecule has 1 aromatic heterocycles. The fourth-order valence-corrected chi connectivity index (χ4v) is 2.32. The van der Waals surface area contributed by atoms with Crippen molar-refractivity contribution in [3.05, 3.63) is 18.2 Å². The smallest absolute Gasteiger partial charge is 0.351 e. The molecule has 3 N–H and O–H groups in total. The summed E-state index contributed by atoms with van der Waals surface area (Å²) < 4.78 is 11.1. The van der Waals surface area contributed by atoms with E-state index in [1.165, 1.54) is 0 Å². The number of rotatable bonds is 1. The summed E-state index contributed by atoms with van der Waals surface area (Å²) in [6.45, 7) is 0. The number of nitrogens with one attached hydrogen (secondary N) is 1. The number of anilines is 1. The topological polar surface area (TPSA) is 72.2 Å². The van der Waals surface area contributed by atoms with E-state index >= 15 is 0 Å². The Kier molecular flexibility index (Phi) is 1.38. The van der Waals surface area contributed by atoms with E-state index in [1.807, 2.05) is 0 Å². The first-order valence-electron chi connectivity index (χ1n) is 3.37. The molecule has 1 heterocycles. The monoisotopic (exact) mass is 181 g/mol. The molecule has 0 fully saturated rings. The quantitative estimate of drug-likeness (QED) is 0.705. The molecule has 1 atom stereocenters. The summed E-state index contributed by atoms with van der Waals surface area (Å²) in [5, 5.41) is 3.95. The second kappa shape index (κ2) is 2.29. The van der Waals surface area contributed by atoms with Crippen LogP contribution in [0, 0.1) is 0 Å². The number of urea groups is 1. The first-order valence-corrected chi connectivity index (χ1v) is 4.63. The van der Waals surface area contributed by atoms with Gasteiger partial charge in [0.2, 0.25) is 0 Å². The Hall–Kier alpha value is -1.41. The molecule has 2 rings (SSSR count). The Bertz CT molecular complexity index is 470. The van der Waals surface area contributed by atoms with Crippen molar-refractivity contribution in [2.45, 2.75) is 0 Å². The van der Waals surface area contributed by atoms with Gasteiger partial charge in [0.1, 0.15) is 5.69 Å². The van der Waals surface area contributed by atoms with Crippen LogP contribution in [-0.2, 0) is 4.57 Å². The maximum atomic E-state index is 11.1. The van der Waals surface area contributed by atoms with E-state index in [0.29, 0.717) is 5.69 Å². The zero-order valence-electron chi connectivity index (χ0n) is 6.07. The SMILES string of the molecule is NC(=O)Nc1cccc2c1[p+]2=O. The summed E-state index contributed by atoms with van der Waals surface area (Å²) in [6, 6.07) is 4.58. The molecule has 0 saturated heterocycles. The number of benzene rings is 1. The minimum atomic E-state index is -1.35. The van der Waals surface area contributed by atoms with Gasteiger partial charge in [-0.05, 0) is 12.1 Å². The van der Waals surface area contributed by atoms with Crippen molar-refractivity contribution in [1.82, 2.24) is 0 Å². The van der Waals surface area contributed by atoms with Crippen molar-refractivity contribution in [3.8, 4) is 0 Å². The second-order valence-corrected chi connectivity index (χ2v) is 3.97. The van der Waals surface area contributed by atoms with Crippen LogP contribution in [0.25, 0.3) is 10.2 Å². The van der Waals surface area contributed by atoms with Gasteiger partial charge < -0.3 is 11.1 Å². The van der Waals surface area contributed by atoms with Gasteiger partial charge in [0, 0.05) is 0 Å². The van der Waals surface area contributed by atoms with Gasteiger partial charge in [-0.1, -0.05) is 10.6 Å². The maximum Gasteiger partial charge on any atom is 0.427 e. The molecule has 12 heavy (non-hydrogen) atoms. The number of nitrogens with two attached hydrogens (primary N) is 1. The molecule has 1 aromatic carbocycles. The second-order valence-electron chi connectivity index (χ2n) is 2.46. The van der Waals surface area contributed by atoms with Crippen LogP contribution in [0.3, 0.4) is 0 Å². The van der Waals surface area contributed by atoms with E-state index in [9.17, 15) is 9.36 Å². The molecule has 0 aliphatic carbocycles. The number of fused-ring (bicyclic) bond motifs is 1. The summed E-state index contributed by atoms with van der Waals surface area (Å²) in [4.78, 5) is 10.5. The number of hydrogen-bond acceptors (Lipinski definition) is 2. The number of carbonyl (C=O) groups excluding carboxylic acids is 1. The molecule has 0 aliphatic heterocycles. The average Bonchev–Trinajstić information content (AvgIpc) is 2.63. The lowest BCUT2D eigenvalue weighted by Gasteiger charge is -1.93. The molecule has 2 amide bonds. The molecular weight excluding hydrogens is 175 g/mol. The predicted molar refractivity (Wildman–Crippen MR) is 47.1 cm³/mol. The van der Waals surface area contributed by atoms with Gasteiger partial charge in [-0.2, -0.15) is 0 Å². The highest BCUT2D eigenvalue weighted by atomic mass is 31.1. The Morgan fingerprint density at radius 3 is 2.92 bits per heavy atom. The van der Waals surface area contributed by atoms with Crippen LogP contribution in [0.1, 0.15) is 0 Å². The highest BCUT2D eigenvalue weighted by Crippen LogP contribution is 2.50. The lowest BCUT2D eigenvalue weighted by Crippen LogP contribution is -2.18. The van der Waals surface area contributed by atoms with Gasteiger partial charge >= 0.3 is 13.4 Å². The molecule has 0 bridgehead atoms. The van der Waals surface area contributed by atoms with Gasteiger partial charge in [0.15, 0.2) is 0 Å². The third-order valence-electron chi connectivity index (χ3n) is 1.64. The highest BCUT2D eigenvalue weighted by molar-refractivity contribution is 7.59. The van der Waals surface area contributed by atoms with Gasteiger partial charge in [-0.15, -0.1) is 0 Å². The van der Waals surface area contributed by atoms with E-state index < -0.39 is 13.4 Å². The average molecular weight is 181 g/mol. The third-order valence-corrected chi connectivity index (χ3v) is 3.12. The summed E-state index contributed by atoms with van der Waals surface area (Å²) >= 11 is 0. The molecule has 0 spiro atoms. The maximum absolute atomic E-state index is 11.1. The summed E-state index contributed by atoms with van der Waals surface area (Å²) in [5.41, 5.74) is 5.49. The van der Waals surface area contributed by atoms with E-state index in [-0.39, 0.29) is 0 Å². The standard InChI is InChI=1S/C7H5N2O2P/c8-7(10)9-4-2-1-3-5-6(4)12(5)11/h1-3H,(H2-,8,9,10,11)/p+1. The first kappa shape index (κ1) is 7.25. The zero-order valence-corrected chi connectivity index (χ0v) is 6.97. The third kappa shape index (κ3) is 0.970. The first-order chi connectivity index (χ1) is 5.70. The Morgan fingerprint density at radius 2 is 2.25 bits per heavy atom. The summed E-state index contributed by atoms with van der Waals surface area (Å²) in [7, 11) is -1.35. The van der Waals surface area contributed by atoms with E-state index in [2.05, 4.69) is 5.32 Å². The van der Waals surface area contributed by atoms with Crippen LogP contribution >= 0.6 is 7.41 Å². The summed E-state index contributed by atoms with van der Waals surface area (Å²) in [5.74, 6) is 0. The van der Waals surface area contributed by atoms with Crippen molar-refractivity contribution in [3.63, 3.8) is 0 Å². The van der Waals surface area contributed by atoms with Crippen LogP contribution in [0.15, 0.2) is 18.2 Å². The van der Waals surface area contributed by atoms with Gasteiger partial charge in [-0.25, -0.2) is 4.79 Å². The minimum absolute atomic E-state index is 0.570. The van der Waals surface area contributed by atoms with Crippen molar-refractivity contribution in [2.24, 2.45) is 5.73 Å². The lowest BCUT2D eigenvalue weighted by atomic mass is 10.3. The van der Waals surface area contributed by atoms with Crippen LogP contribution in [-0.4, -0.2) is 6.03 Å². The van der Waals surface area contributed by atoms with E-state index in [1.54, 1.807) is 18.2 Å². The number of primary amides is 1. The van der Waals surface area contributed by atoms with Crippen LogP contribution in [0.2, 0.25) is 0 Å². The van der Waals surface area contributed by atoms with Crippen LogP contribution in [0.4, 0.5) is 10.5 Å². The van der Waals surface area contributed by atoms with Crippen molar-refractivity contribution in [1.29, 1.82) is 0 Å². The molecular formula is C7H6N2O2P+. The minimum Gasteiger partial charge on any atom is -0.351 e.